The van der Waals surface area contributed by atoms with Crippen LogP contribution in [0.4, 0.5) is 22.9 Å². The zero-order valence-corrected chi connectivity index (χ0v) is 19.1. The predicted octanol–water partition coefficient (Wildman–Crippen LogP) is 3.17. The third kappa shape index (κ3) is 5.45. The van der Waals surface area contributed by atoms with Crippen molar-refractivity contribution < 1.29 is 9.53 Å². The Morgan fingerprint density at radius 1 is 1.12 bits per heavy atom. The highest BCUT2D eigenvalue weighted by Gasteiger charge is 2.18. The largest absolute Gasteiger partial charge is 0.477 e. The van der Waals surface area contributed by atoms with E-state index in [1.54, 1.807) is 12.3 Å². The molecule has 0 unspecified atom stereocenters. The van der Waals surface area contributed by atoms with E-state index in [-0.39, 0.29) is 5.91 Å². The van der Waals surface area contributed by atoms with Crippen LogP contribution in [0.1, 0.15) is 36.2 Å². The van der Waals surface area contributed by atoms with Crippen LogP contribution in [0.25, 0.3) is 0 Å². The Morgan fingerprint density at radius 2 is 1.91 bits per heavy atom. The molecule has 0 atom stereocenters. The number of amides is 1. The Hall–Kier alpha value is -3.66. The third-order valence-electron chi connectivity index (χ3n) is 6.32. The average Bonchev–Trinajstić information content (AvgIpc) is 3.56. The van der Waals surface area contributed by atoms with Crippen LogP contribution < -0.4 is 25.6 Å². The Morgan fingerprint density at radius 3 is 2.71 bits per heavy atom. The lowest BCUT2D eigenvalue weighted by atomic mass is 10.1. The van der Waals surface area contributed by atoms with Gasteiger partial charge in [0.15, 0.2) is 0 Å². The summed E-state index contributed by atoms with van der Waals surface area (Å²) in [5.74, 6) is 1.36. The average molecular weight is 463 g/mol. The number of ether oxygens (including phenoxy) is 1. The maximum absolute atomic E-state index is 12.9. The first kappa shape index (κ1) is 22.1. The van der Waals surface area contributed by atoms with E-state index in [2.05, 4.69) is 41.0 Å². The lowest BCUT2D eigenvalue weighted by Gasteiger charge is -2.29. The molecule has 0 bridgehead atoms. The molecule has 4 N–H and O–H groups in total. The van der Waals surface area contributed by atoms with Gasteiger partial charge in [-0.05, 0) is 43.0 Å². The molecule has 10 heteroatoms. The van der Waals surface area contributed by atoms with Crippen LogP contribution >= 0.6 is 0 Å². The Kier molecular flexibility index (Phi) is 6.85. The fraction of sp³-hybridized carbons (Fsp3) is 0.417. The van der Waals surface area contributed by atoms with Gasteiger partial charge in [0, 0.05) is 43.6 Å². The van der Waals surface area contributed by atoms with Crippen LogP contribution in [0.3, 0.4) is 0 Å². The molecule has 2 aliphatic rings. The van der Waals surface area contributed by atoms with Crippen molar-refractivity contribution in [3.63, 3.8) is 0 Å². The summed E-state index contributed by atoms with van der Waals surface area (Å²) in [6.45, 7) is 4.59. The van der Waals surface area contributed by atoms with E-state index in [4.69, 9.17) is 4.74 Å². The molecule has 1 saturated heterocycles. The Labute approximate surface area is 198 Å². The number of aromatic amines is 1. The SMILES string of the molecule is O=C(Nc1ccc(N2CCNCC2)cc1)c1[nH]ncc1Nc1cc(OCC2CCCC2)ncn1. The van der Waals surface area contributed by atoms with Gasteiger partial charge in [-0.3, -0.25) is 9.89 Å². The van der Waals surface area contributed by atoms with E-state index in [1.807, 2.05) is 24.3 Å². The first-order valence-electron chi connectivity index (χ1n) is 11.9. The third-order valence-corrected chi connectivity index (χ3v) is 6.32. The number of aromatic nitrogens is 4. The van der Waals surface area contributed by atoms with Crippen molar-refractivity contribution in [2.45, 2.75) is 25.7 Å². The molecule has 1 amide bonds. The van der Waals surface area contributed by atoms with Crippen molar-refractivity contribution in [1.29, 1.82) is 0 Å². The summed E-state index contributed by atoms with van der Waals surface area (Å²) in [4.78, 5) is 23.7. The molecular formula is C24H30N8O2. The first-order chi connectivity index (χ1) is 16.7. The van der Waals surface area contributed by atoms with E-state index in [0.29, 0.717) is 41.3 Å². The van der Waals surface area contributed by atoms with Gasteiger partial charge in [-0.1, -0.05) is 12.8 Å². The number of anilines is 4. The minimum Gasteiger partial charge on any atom is -0.477 e. The van der Waals surface area contributed by atoms with Crippen LogP contribution in [0.2, 0.25) is 0 Å². The minimum absolute atomic E-state index is 0.290. The highest BCUT2D eigenvalue weighted by molar-refractivity contribution is 6.06. The topological polar surface area (TPSA) is 120 Å². The second kappa shape index (κ2) is 10.5. The predicted molar refractivity (Wildman–Crippen MR) is 131 cm³/mol. The van der Waals surface area contributed by atoms with Crippen molar-refractivity contribution in [3.8, 4) is 5.88 Å². The van der Waals surface area contributed by atoms with E-state index >= 15 is 0 Å². The zero-order valence-electron chi connectivity index (χ0n) is 19.1. The number of carbonyl (C=O) groups excluding carboxylic acids is 1. The number of hydrogen-bond acceptors (Lipinski definition) is 8. The summed E-state index contributed by atoms with van der Waals surface area (Å²) in [6.07, 6.45) is 7.98. The molecule has 1 saturated carbocycles. The number of piperazine rings is 1. The van der Waals surface area contributed by atoms with E-state index in [9.17, 15) is 4.79 Å². The highest BCUT2D eigenvalue weighted by atomic mass is 16.5. The van der Waals surface area contributed by atoms with E-state index in [0.717, 1.165) is 31.9 Å². The van der Waals surface area contributed by atoms with E-state index in [1.165, 1.54) is 32.0 Å². The van der Waals surface area contributed by atoms with Crippen molar-refractivity contribution in [2.75, 3.05) is 48.3 Å². The quantitative estimate of drug-likeness (QED) is 0.403. The maximum Gasteiger partial charge on any atom is 0.275 e. The van der Waals surface area contributed by atoms with Crippen LogP contribution in [-0.4, -0.2) is 58.9 Å². The summed E-state index contributed by atoms with van der Waals surface area (Å²) >= 11 is 0. The summed E-state index contributed by atoms with van der Waals surface area (Å²) in [6, 6.07) is 9.62. The lowest BCUT2D eigenvalue weighted by molar-refractivity contribution is 0.102. The number of rotatable bonds is 8. The molecule has 1 aliphatic carbocycles. The van der Waals surface area contributed by atoms with Gasteiger partial charge in [-0.25, -0.2) is 9.97 Å². The van der Waals surface area contributed by atoms with Gasteiger partial charge in [0.1, 0.15) is 17.8 Å². The van der Waals surface area contributed by atoms with Crippen molar-refractivity contribution in [2.24, 2.45) is 5.92 Å². The van der Waals surface area contributed by atoms with Crippen molar-refractivity contribution in [3.05, 3.63) is 48.5 Å². The second-order valence-electron chi connectivity index (χ2n) is 8.72. The van der Waals surface area contributed by atoms with Gasteiger partial charge in [-0.15, -0.1) is 0 Å². The Balaban J connectivity index is 1.20. The molecule has 3 heterocycles. The number of hydrogen-bond donors (Lipinski definition) is 4. The van der Waals surface area contributed by atoms with Gasteiger partial charge in [0.25, 0.3) is 5.91 Å². The fourth-order valence-electron chi connectivity index (χ4n) is 4.43. The smallest absolute Gasteiger partial charge is 0.275 e. The number of carbonyl (C=O) groups is 1. The summed E-state index contributed by atoms with van der Waals surface area (Å²) < 4.78 is 5.86. The molecule has 1 aromatic carbocycles. The molecule has 1 aliphatic heterocycles. The van der Waals surface area contributed by atoms with Gasteiger partial charge in [0.05, 0.1) is 18.5 Å². The molecule has 2 aromatic heterocycles. The minimum atomic E-state index is -0.290. The molecule has 3 aromatic rings. The van der Waals surface area contributed by atoms with Crippen molar-refractivity contribution >= 4 is 28.8 Å². The number of nitrogens with one attached hydrogen (secondary N) is 4. The van der Waals surface area contributed by atoms with Gasteiger partial charge in [0.2, 0.25) is 5.88 Å². The van der Waals surface area contributed by atoms with Gasteiger partial charge >= 0.3 is 0 Å². The summed E-state index contributed by atoms with van der Waals surface area (Å²) in [7, 11) is 0. The monoisotopic (exact) mass is 462 g/mol. The molecule has 0 radical (unpaired) electrons. The lowest BCUT2D eigenvalue weighted by Crippen LogP contribution is -2.43. The van der Waals surface area contributed by atoms with Gasteiger partial charge < -0.3 is 25.6 Å². The standard InChI is InChI=1S/C24H30N8O2/c33-24(29-18-5-7-19(8-6-18)32-11-9-25-10-12-32)23-20(14-28-31-23)30-21-13-22(27-16-26-21)34-15-17-3-1-2-4-17/h5-8,13-14,16-17,25H,1-4,9-12,15H2,(H,28,31)(H,29,33)(H,26,27,30). The second-order valence-corrected chi connectivity index (χ2v) is 8.72. The maximum atomic E-state index is 12.9. The fourth-order valence-corrected chi connectivity index (χ4v) is 4.43. The van der Waals surface area contributed by atoms with Crippen LogP contribution in [0.5, 0.6) is 5.88 Å². The summed E-state index contributed by atoms with van der Waals surface area (Å²) in [5.41, 5.74) is 2.71. The first-order valence-corrected chi connectivity index (χ1v) is 11.9. The number of benzene rings is 1. The highest BCUT2D eigenvalue weighted by Crippen LogP contribution is 2.26. The number of nitrogens with zero attached hydrogens (tertiary/aromatic N) is 4. The van der Waals surface area contributed by atoms with Crippen LogP contribution in [-0.2, 0) is 0 Å². The summed E-state index contributed by atoms with van der Waals surface area (Å²) in [5, 5.41) is 16.2. The van der Waals surface area contributed by atoms with Crippen LogP contribution in [0.15, 0.2) is 42.9 Å². The van der Waals surface area contributed by atoms with Crippen LogP contribution in [0, 0.1) is 5.92 Å². The molecule has 5 rings (SSSR count). The molecule has 10 nitrogen and oxygen atoms in total. The molecule has 34 heavy (non-hydrogen) atoms. The van der Waals surface area contributed by atoms with E-state index < -0.39 is 0 Å². The Bertz CT molecular complexity index is 1090. The zero-order chi connectivity index (χ0) is 23.2. The number of H-pyrrole nitrogens is 1. The van der Waals surface area contributed by atoms with Crippen molar-refractivity contribution in [1.82, 2.24) is 25.5 Å². The normalized spacial score (nSPS) is 16.4. The molecule has 2 fully saturated rings. The molecule has 178 valence electrons. The molecule has 0 spiro atoms. The van der Waals surface area contributed by atoms with Gasteiger partial charge in [-0.2, -0.15) is 5.10 Å². The molecular weight excluding hydrogens is 432 g/mol.